The summed E-state index contributed by atoms with van der Waals surface area (Å²) in [6, 6.07) is 0.187. The van der Waals surface area contributed by atoms with E-state index in [0.717, 1.165) is 7.11 Å². The van der Waals surface area contributed by atoms with Gasteiger partial charge in [0.05, 0.1) is 12.0 Å². The zero-order valence-electron chi connectivity index (χ0n) is 8.32. The minimum absolute atomic E-state index is 0.187. The van der Waals surface area contributed by atoms with E-state index < -0.39 is 34.0 Å². The van der Waals surface area contributed by atoms with Gasteiger partial charge in [0.2, 0.25) is 0 Å². The highest BCUT2D eigenvalue weighted by atomic mass is 19.4. The van der Waals surface area contributed by atoms with Gasteiger partial charge in [-0.1, -0.05) is 0 Å². The molecule has 1 aromatic rings. The molecule has 0 fully saturated rings. The lowest BCUT2D eigenvalue weighted by molar-refractivity contribution is -0.385. The molecule has 1 rings (SSSR count). The van der Waals surface area contributed by atoms with E-state index in [9.17, 15) is 28.1 Å². The average Bonchev–Trinajstić information content (AvgIpc) is 2.25. The molecule has 1 aromatic heterocycles. The maximum atomic E-state index is 12.2. The van der Waals surface area contributed by atoms with E-state index in [4.69, 9.17) is 0 Å². The van der Waals surface area contributed by atoms with Crippen LogP contribution >= 0.6 is 0 Å². The third-order valence-corrected chi connectivity index (χ3v) is 1.77. The van der Waals surface area contributed by atoms with Crippen molar-refractivity contribution in [2.45, 2.75) is 6.18 Å². The molecule has 9 heteroatoms. The summed E-state index contributed by atoms with van der Waals surface area (Å²) < 4.78 is 40.9. The molecule has 0 saturated heterocycles. The molecule has 0 aliphatic rings. The summed E-state index contributed by atoms with van der Waals surface area (Å²) in [6.07, 6.45) is -4.35. The number of methoxy groups -OCH3 is 1. The minimum Gasteiger partial charge on any atom is -0.465 e. The second-order valence-corrected chi connectivity index (χ2v) is 2.83. The highest BCUT2D eigenvalue weighted by Gasteiger charge is 2.36. The van der Waals surface area contributed by atoms with E-state index in [1.54, 1.807) is 0 Å². The Balaban J connectivity index is 3.37. The van der Waals surface area contributed by atoms with Crippen LogP contribution in [0.15, 0.2) is 12.3 Å². The van der Waals surface area contributed by atoms with Gasteiger partial charge in [-0.2, -0.15) is 13.2 Å². The first kappa shape index (κ1) is 12.9. The number of carbonyl (C=O) groups is 1. The van der Waals surface area contributed by atoms with Gasteiger partial charge in [0.1, 0.15) is 0 Å². The lowest BCUT2D eigenvalue weighted by Crippen LogP contribution is -2.12. The topological polar surface area (TPSA) is 82.3 Å². The van der Waals surface area contributed by atoms with Crippen LogP contribution in [0.3, 0.4) is 0 Å². The number of nitrogens with zero attached hydrogens (tertiary/aromatic N) is 2. The lowest BCUT2D eigenvalue weighted by Gasteiger charge is -2.06. The van der Waals surface area contributed by atoms with E-state index in [1.807, 2.05) is 0 Å². The number of hydrogen-bond donors (Lipinski definition) is 0. The number of rotatable bonds is 2. The van der Waals surface area contributed by atoms with Crippen LogP contribution < -0.4 is 0 Å². The van der Waals surface area contributed by atoms with Gasteiger partial charge in [-0.25, -0.2) is 4.79 Å². The molecule has 0 unspecified atom stereocenters. The highest BCUT2D eigenvalue weighted by molar-refractivity contribution is 5.93. The van der Waals surface area contributed by atoms with E-state index in [-0.39, 0.29) is 6.07 Å². The largest absolute Gasteiger partial charge is 0.465 e. The summed E-state index contributed by atoms with van der Waals surface area (Å²) in [5.74, 6) is -1.13. The Morgan fingerprint density at radius 2 is 2.12 bits per heavy atom. The molecule has 0 aliphatic carbocycles. The molecule has 0 amide bonds. The molecule has 0 aliphatic heterocycles. The molecular formula is C8H5F3N2O4. The molecular weight excluding hydrogens is 245 g/mol. The average molecular weight is 250 g/mol. The number of alkyl halides is 3. The Kier molecular flexibility index (Phi) is 3.30. The molecule has 0 bridgehead atoms. The number of esters is 1. The molecule has 0 aromatic carbocycles. The van der Waals surface area contributed by atoms with Crippen LogP contribution in [0.2, 0.25) is 0 Å². The minimum atomic E-state index is -4.82. The third-order valence-electron chi connectivity index (χ3n) is 1.77. The first-order valence-corrected chi connectivity index (χ1v) is 4.07. The summed E-state index contributed by atoms with van der Waals surface area (Å²) in [5, 5.41) is 10.5. The van der Waals surface area contributed by atoms with Gasteiger partial charge in [-0.15, -0.1) is 0 Å². The normalized spacial score (nSPS) is 11.1. The van der Waals surface area contributed by atoms with Gasteiger partial charge < -0.3 is 4.74 Å². The summed E-state index contributed by atoms with van der Waals surface area (Å²) in [5.41, 5.74) is -3.08. The number of ether oxygens (including phenoxy) is 1. The fraction of sp³-hybridized carbons (Fsp3) is 0.250. The van der Waals surface area contributed by atoms with Gasteiger partial charge in [0.15, 0.2) is 11.3 Å². The Bertz CT molecular complexity index is 472. The zero-order valence-corrected chi connectivity index (χ0v) is 8.32. The number of aromatic nitrogens is 1. The molecule has 17 heavy (non-hydrogen) atoms. The molecule has 6 nitrogen and oxygen atoms in total. The van der Waals surface area contributed by atoms with Crippen LogP contribution in [-0.4, -0.2) is 23.0 Å². The fourth-order valence-corrected chi connectivity index (χ4v) is 1.02. The monoisotopic (exact) mass is 250 g/mol. The summed E-state index contributed by atoms with van der Waals surface area (Å²) in [4.78, 5) is 23.4. The van der Waals surface area contributed by atoms with Crippen molar-refractivity contribution in [3.8, 4) is 0 Å². The first-order valence-electron chi connectivity index (χ1n) is 4.07. The molecule has 0 saturated carbocycles. The zero-order chi connectivity index (χ0) is 13.2. The Morgan fingerprint density at radius 1 is 1.53 bits per heavy atom. The van der Waals surface area contributed by atoms with Gasteiger partial charge in [-0.3, -0.25) is 15.1 Å². The summed E-state index contributed by atoms with van der Waals surface area (Å²) in [6.45, 7) is 0. The van der Waals surface area contributed by atoms with Crippen molar-refractivity contribution in [2.75, 3.05) is 7.11 Å². The van der Waals surface area contributed by atoms with Crippen molar-refractivity contribution >= 4 is 11.7 Å². The van der Waals surface area contributed by atoms with Crippen LogP contribution in [0.1, 0.15) is 16.1 Å². The van der Waals surface area contributed by atoms with Gasteiger partial charge in [-0.05, 0) is 0 Å². The van der Waals surface area contributed by atoms with E-state index in [0.29, 0.717) is 6.20 Å². The molecule has 0 radical (unpaired) electrons. The number of halogens is 3. The number of pyridine rings is 1. The Labute approximate surface area is 92.2 Å². The third kappa shape index (κ3) is 2.68. The molecule has 92 valence electrons. The van der Waals surface area contributed by atoms with Crippen molar-refractivity contribution in [1.82, 2.24) is 4.98 Å². The molecule has 1 heterocycles. The maximum absolute atomic E-state index is 12.2. The summed E-state index contributed by atoms with van der Waals surface area (Å²) >= 11 is 0. The predicted molar refractivity (Wildman–Crippen MR) is 47.2 cm³/mol. The smallest absolute Gasteiger partial charge is 0.433 e. The standard InChI is InChI=1S/C8H5F3N2O4/c1-17-7(14)4-3-12-6(8(9,10)11)2-5(4)13(15)16/h2-3H,1H3. The Hall–Kier alpha value is -2.19. The van der Waals surface area contributed by atoms with Crippen molar-refractivity contribution in [2.24, 2.45) is 0 Å². The van der Waals surface area contributed by atoms with E-state index >= 15 is 0 Å². The second kappa shape index (κ2) is 4.36. The maximum Gasteiger partial charge on any atom is 0.433 e. The van der Waals surface area contributed by atoms with Crippen LogP contribution in [0, 0.1) is 10.1 Å². The van der Waals surface area contributed by atoms with Crippen molar-refractivity contribution < 1.29 is 27.6 Å². The van der Waals surface area contributed by atoms with E-state index in [2.05, 4.69) is 9.72 Å². The van der Waals surface area contributed by atoms with Crippen LogP contribution in [0.4, 0.5) is 18.9 Å². The van der Waals surface area contributed by atoms with Crippen molar-refractivity contribution in [3.63, 3.8) is 0 Å². The van der Waals surface area contributed by atoms with Crippen LogP contribution in [0.5, 0.6) is 0 Å². The van der Waals surface area contributed by atoms with Crippen LogP contribution in [0.25, 0.3) is 0 Å². The van der Waals surface area contributed by atoms with Crippen molar-refractivity contribution in [1.29, 1.82) is 0 Å². The quantitative estimate of drug-likeness (QED) is 0.454. The molecule has 0 N–H and O–H groups in total. The SMILES string of the molecule is COC(=O)c1cnc(C(F)(F)F)cc1[N+](=O)[O-]. The predicted octanol–water partition coefficient (Wildman–Crippen LogP) is 1.80. The Morgan fingerprint density at radius 3 is 2.53 bits per heavy atom. The lowest BCUT2D eigenvalue weighted by atomic mass is 10.2. The fourth-order valence-electron chi connectivity index (χ4n) is 1.02. The second-order valence-electron chi connectivity index (χ2n) is 2.83. The van der Waals surface area contributed by atoms with Gasteiger partial charge >= 0.3 is 12.1 Å². The summed E-state index contributed by atoms with van der Waals surface area (Å²) in [7, 11) is 0.948. The van der Waals surface area contributed by atoms with Crippen molar-refractivity contribution in [3.05, 3.63) is 33.6 Å². The number of nitro groups is 1. The number of hydrogen-bond acceptors (Lipinski definition) is 5. The van der Waals surface area contributed by atoms with E-state index in [1.165, 1.54) is 0 Å². The van der Waals surface area contributed by atoms with Gasteiger partial charge in [0, 0.05) is 12.3 Å². The highest BCUT2D eigenvalue weighted by Crippen LogP contribution is 2.31. The van der Waals surface area contributed by atoms with Gasteiger partial charge in [0.25, 0.3) is 5.69 Å². The molecule has 0 spiro atoms. The number of carbonyl (C=O) groups excluding carboxylic acids is 1. The first-order chi connectivity index (χ1) is 7.77. The van der Waals surface area contributed by atoms with Crippen LogP contribution in [-0.2, 0) is 10.9 Å². The molecule has 0 atom stereocenters.